The average molecular weight is 353 g/mol. The van der Waals surface area contributed by atoms with Gasteiger partial charge in [-0.1, -0.05) is 19.1 Å². The number of carbonyl (C=O) groups is 1. The number of aryl methyl sites for hydroxylation is 2. The Balaban J connectivity index is 1.79. The summed E-state index contributed by atoms with van der Waals surface area (Å²) >= 11 is 0. The third kappa shape index (κ3) is 4.02. The number of amides is 1. The van der Waals surface area contributed by atoms with Crippen molar-refractivity contribution in [3.63, 3.8) is 0 Å². The Labute approximate surface area is 155 Å². The number of aromatic nitrogens is 2. The van der Waals surface area contributed by atoms with E-state index in [4.69, 9.17) is 0 Å². The zero-order valence-electron chi connectivity index (χ0n) is 16.0. The summed E-state index contributed by atoms with van der Waals surface area (Å²) in [4.78, 5) is 26.0. The fraction of sp³-hybridized carbons (Fsp3) is 0.450. The van der Waals surface area contributed by atoms with Gasteiger partial charge in [-0.3, -0.25) is 4.79 Å². The van der Waals surface area contributed by atoms with Gasteiger partial charge in [0.15, 0.2) is 0 Å². The molecule has 2 heterocycles. The largest absolute Gasteiger partial charge is 0.335 e. The maximum atomic E-state index is 12.9. The van der Waals surface area contributed by atoms with E-state index in [0.717, 1.165) is 49.7 Å². The molecule has 0 saturated carbocycles. The molecule has 6 heteroatoms. The van der Waals surface area contributed by atoms with E-state index >= 15 is 0 Å². The molecule has 26 heavy (non-hydrogen) atoms. The quantitative estimate of drug-likeness (QED) is 0.916. The number of nitrogens with zero attached hydrogens (tertiary/aromatic N) is 4. The van der Waals surface area contributed by atoms with Crippen LogP contribution in [-0.2, 0) is 0 Å². The first kappa shape index (κ1) is 18.3. The zero-order chi connectivity index (χ0) is 18.7. The van der Waals surface area contributed by atoms with Gasteiger partial charge < -0.3 is 15.1 Å². The van der Waals surface area contributed by atoms with Crippen molar-refractivity contribution in [2.45, 2.75) is 27.7 Å². The number of piperazine rings is 1. The fourth-order valence-electron chi connectivity index (χ4n) is 3.17. The standard InChI is InChI=1S/C20H27N5O/c1-5-24-9-11-25(12-10-24)19(26)18-13-15(3)21-20(23-18)22-17-8-6-7-14(2)16(17)4/h6-8,13H,5,9-12H2,1-4H3,(H,21,22,23). The first-order valence-electron chi connectivity index (χ1n) is 9.18. The van der Waals surface area contributed by atoms with E-state index in [1.54, 1.807) is 6.07 Å². The van der Waals surface area contributed by atoms with Crippen LogP contribution in [0.1, 0.15) is 34.2 Å². The molecule has 0 aliphatic carbocycles. The minimum Gasteiger partial charge on any atom is -0.335 e. The molecule has 1 N–H and O–H groups in total. The number of likely N-dealkylation sites (N-methyl/N-ethyl adjacent to an activating group) is 1. The highest BCUT2D eigenvalue weighted by Crippen LogP contribution is 2.21. The number of carbonyl (C=O) groups excluding carboxylic acids is 1. The van der Waals surface area contributed by atoms with Gasteiger partial charge >= 0.3 is 0 Å². The molecule has 0 bridgehead atoms. The summed E-state index contributed by atoms with van der Waals surface area (Å²) in [6, 6.07) is 7.84. The van der Waals surface area contributed by atoms with E-state index in [1.807, 2.05) is 24.0 Å². The highest BCUT2D eigenvalue weighted by Gasteiger charge is 2.23. The molecule has 138 valence electrons. The Hall–Kier alpha value is -2.47. The molecule has 1 saturated heterocycles. The maximum absolute atomic E-state index is 12.9. The number of hydrogen-bond acceptors (Lipinski definition) is 5. The molecule has 3 rings (SSSR count). The van der Waals surface area contributed by atoms with Crippen LogP contribution in [0.4, 0.5) is 11.6 Å². The molecular formula is C20H27N5O. The normalized spacial score (nSPS) is 15.2. The second-order valence-electron chi connectivity index (χ2n) is 6.82. The summed E-state index contributed by atoms with van der Waals surface area (Å²) in [5.41, 5.74) is 4.55. The molecule has 0 atom stereocenters. The van der Waals surface area contributed by atoms with Crippen LogP contribution in [0, 0.1) is 20.8 Å². The SMILES string of the molecule is CCN1CCN(C(=O)c2cc(C)nc(Nc3cccc(C)c3C)n2)CC1. The Kier molecular flexibility index (Phi) is 5.52. The van der Waals surface area contributed by atoms with Gasteiger partial charge in [0, 0.05) is 37.6 Å². The topological polar surface area (TPSA) is 61.4 Å². The van der Waals surface area contributed by atoms with Gasteiger partial charge in [-0.25, -0.2) is 9.97 Å². The second kappa shape index (κ2) is 7.83. The lowest BCUT2D eigenvalue weighted by Gasteiger charge is -2.33. The van der Waals surface area contributed by atoms with Gasteiger partial charge in [-0.05, 0) is 50.6 Å². The molecule has 6 nitrogen and oxygen atoms in total. The van der Waals surface area contributed by atoms with E-state index in [2.05, 4.69) is 47.0 Å². The van der Waals surface area contributed by atoms with Crippen molar-refractivity contribution < 1.29 is 4.79 Å². The Bertz CT molecular complexity index is 797. The third-order valence-corrected chi connectivity index (χ3v) is 5.03. The molecule has 1 aliphatic heterocycles. The van der Waals surface area contributed by atoms with Crippen LogP contribution >= 0.6 is 0 Å². The predicted octanol–water partition coefficient (Wildman–Crippen LogP) is 2.92. The van der Waals surface area contributed by atoms with Crippen LogP contribution in [0.3, 0.4) is 0 Å². The maximum Gasteiger partial charge on any atom is 0.272 e. The predicted molar refractivity (Wildman–Crippen MR) is 104 cm³/mol. The molecule has 1 aromatic heterocycles. The first-order valence-corrected chi connectivity index (χ1v) is 9.18. The van der Waals surface area contributed by atoms with E-state index in [1.165, 1.54) is 5.56 Å². The van der Waals surface area contributed by atoms with Crippen molar-refractivity contribution in [3.8, 4) is 0 Å². The van der Waals surface area contributed by atoms with Gasteiger partial charge in [-0.2, -0.15) is 0 Å². The number of hydrogen-bond donors (Lipinski definition) is 1. The lowest BCUT2D eigenvalue weighted by atomic mass is 10.1. The van der Waals surface area contributed by atoms with Gasteiger partial charge in [0.2, 0.25) is 5.95 Å². The van der Waals surface area contributed by atoms with Crippen LogP contribution in [0.2, 0.25) is 0 Å². The first-order chi connectivity index (χ1) is 12.5. The number of rotatable bonds is 4. The molecule has 0 spiro atoms. The van der Waals surface area contributed by atoms with E-state index in [9.17, 15) is 4.79 Å². The van der Waals surface area contributed by atoms with E-state index in [-0.39, 0.29) is 5.91 Å². The van der Waals surface area contributed by atoms with Crippen molar-refractivity contribution in [3.05, 3.63) is 46.8 Å². The molecule has 1 aromatic carbocycles. The number of anilines is 2. The highest BCUT2D eigenvalue weighted by atomic mass is 16.2. The molecular weight excluding hydrogens is 326 g/mol. The van der Waals surface area contributed by atoms with Crippen molar-refractivity contribution >= 4 is 17.5 Å². The van der Waals surface area contributed by atoms with Crippen LogP contribution in [0.15, 0.2) is 24.3 Å². The minimum atomic E-state index is -0.0183. The minimum absolute atomic E-state index is 0.0183. The summed E-state index contributed by atoms with van der Waals surface area (Å²) in [6.45, 7) is 12.5. The van der Waals surface area contributed by atoms with Crippen molar-refractivity contribution in [2.75, 3.05) is 38.0 Å². The van der Waals surface area contributed by atoms with Crippen LogP contribution in [-0.4, -0.2) is 58.4 Å². The Morgan fingerprint density at radius 2 is 1.85 bits per heavy atom. The summed E-state index contributed by atoms with van der Waals surface area (Å²) < 4.78 is 0. The monoisotopic (exact) mass is 353 g/mol. The Morgan fingerprint density at radius 1 is 1.12 bits per heavy atom. The summed E-state index contributed by atoms with van der Waals surface area (Å²) in [6.07, 6.45) is 0. The fourth-order valence-corrected chi connectivity index (χ4v) is 3.17. The van der Waals surface area contributed by atoms with Gasteiger partial charge in [0.1, 0.15) is 5.69 Å². The average Bonchev–Trinajstić information content (AvgIpc) is 2.64. The molecule has 1 amide bonds. The summed E-state index contributed by atoms with van der Waals surface area (Å²) in [5.74, 6) is 0.449. The summed E-state index contributed by atoms with van der Waals surface area (Å²) in [5, 5.41) is 3.27. The molecule has 1 fully saturated rings. The van der Waals surface area contributed by atoms with Gasteiger partial charge in [0.25, 0.3) is 5.91 Å². The molecule has 2 aromatic rings. The molecule has 1 aliphatic rings. The Morgan fingerprint density at radius 3 is 2.54 bits per heavy atom. The van der Waals surface area contributed by atoms with Crippen LogP contribution < -0.4 is 5.32 Å². The van der Waals surface area contributed by atoms with Crippen molar-refractivity contribution in [1.82, 2.24) is 19.8 Å². The second-order valence-corrected chi connectivity index (χ2v) is 6.82. The zero-order valence-corrected chi connectivity index (χ0v) is 16.0. The summed E-state index contributed by atoms with van der Waals surface area (Å²) in [7, 11) is 0. The number of nitrogens with one attached hydrogen (secondary N) is 1. The van der Waals surface area contributed by atoms with Crippen molar-refractivity contribution in [2.24, 2.45) is 0 Å². The van der Waals surface area contributed by atoms with Crippen molar-refractivity contribution in [1.29, 1.82) is 0 Å². The van der Waals surface area contributed by atoms with E-state index in [0.29, 0.717) is 11.6 Å². The van der Waals surface area contributed by atoms with Gasteiger partial charge in [0.05, 0.1) is 0 Å². The lowest BCUT2D eigenvalue weighted by molar-refractivity contribution is 0.0637. The number of benzene rings is 1. The highest BCUT2D eigenvalue weighted by molar-refractivity contribution is 5.92. The lowest BCUT2D eigenvalue weighted by Crippen LogP contribution is -2.48. The van der Waals surface area contributed by atoms with E-state index < -0.39 is 0 Å². The smallest absolute Gasteiger partial charge is 0.272 e. The van der Waals surface area contributed by atoms with Crippen LogP contribution in [0.5, 0.6) is 0 Å². The van der Waals surface area contributed by atoms with Crippen LogP contribution in [0.25, 0.3) is 0 Å². The third-order valence-electron chi connectivity index (χ3n) is 5.03. The van der Waals surface area contributed by atoms with Gasteiger partial charge in [-0.15, -0.1) is 0 Å². The molecule has 0 unspecified atom stereocenters. The molecule has 0 radical (unpaired) electrons.